The zero-order valence-corrected chi connectivity index (χ0v) is 10.9. The lowest BCUT2D eigenvalue weighted by atomic mass is 10.2. The van der Waals surface area contributed by atoms with Crippen LogP contribution in [0.3, 0.4) is 0 Å². The van der Waals surface area contributed by atoms with Crippen molar-refractivity contribution in [1.82, 2.24) is 15.0 Å². The Labute approximate surface area is 122 Å². The molecule has 0 spiro atoms. The van der Waals surface area contributed by atoms with Gasteiger partial charge in [0, 0.05) is 9.82 Å². The molecule has 11 nitrogen and oxygen atoms in total. The summed E-state index contributed by atoms with van der Waals surface area (Å²) < 4.78 is 1.10. The van der Waals surface area contributed by atoms with E-state index in [9.17, 15) is 9.59 Å². The minimum absolute atomic E-state index is 0.124. The van der Waals surface area contributed by atoms with Crippen LogP contribution < -0.4 is 0 Å². The smallest absolute Gasteiger partial charge is 0.271 e. The topological polar surface area (TPSA) is 162 Å². The molecule has 0 bridgehead atoms. The van der Waals surface area contributed by atoms with Crippen LogP contribution in [0.4, 0.5) is 0 Å². The fraction of sp³-hybridized carbons (Fsp3) is 0.0909. The van der Waals surface area contributed by atoms with Gasteiger partial charge in [-0.05, 0) is 26.9 Å². The maximum atomic E-state index is 11.8. The van der Waals surface area contributed by atoms with E-state index in [4.69, 9.17) is 11.1 Å². The molecule has 22 heavy (non-hydrogen) atoms. The van der Waals surface area contributed by atoms with Gasteiger partial charge in [-0.3, -0.25) is 9.59 Å². The Morgan fingerprint density at radius 3 is 2.36 bits per heavy atom. The first-order valence-corrected chi connectivity index (χ1v) is 5.83. The largest absolute Gasteiger partial charge is 0.285 e. The first-order chi connectivity index (χ1) is 10.7. The van der Waals surface area contributed by atoms with Crippen LogP contribution in [0.25, 0.3) is 20.9 Å². The van der Waals surface area contributed by atoms with Gasteiger partial charge in [0.15, 0.2) is 5.69 Å². The van der Waals surface area contributed by atoms with E-state index in [0.29, 0.717) is 0 Å². The summed E-state index contributed by atoms with van der Waals surface area (Å²) in [6.45, 7) is 0.124. The second-order valence-corrected chi connectivity index (χ2v) is 3.92. The summed E-state index contributed by atoms with van der Waals surface area (Å²) in [5.74, 6) is -2.13. The zero-order valence-electron chi connectivity index (χ0n) is 10.9. The molecule has 0 aliphatic heterocycles. The lowest BCUT2D eigenvalue weighted by Gasteiger charge is -2.04. The molecule has 1 heterocycles. The molecule has 11 heteroatoms. The van der Waals surface area contributed by atoms with E-state index in [1.165, 1.54) is 0 Å². The molecule has 1 aromatic carbocycles. The Morgan fingerprint density at radius 2 is 1.73 bits per heavy atom. The van der Waals surface area contributed by atoms with Crippen molar-refractivity contribution in [1.29, 1.82) is 0 Å². The molecule has 2 aromatic rings. The van der Waals surface area contributed by atoms with E-state index in [2.05, 4.69) is 30.4 Å². The average molecular weight is 297 g/mol. The van der Waals surface area contributed by atoms with Gasteiger partial charge >= 0.3 is 0 Å². The fourth-order valence-electron chi connectivity index (χ4n) is 1.71. The predicted molar refractivity (Wildman–Crippen MR) is 72.5 cm³/mol. The lowest BCUT2D eigenvalue weighted by Crippen LogP contribution is -2.13. The molecule has 0 N–H and O–H groups in total. The van der Waals surface area contributed by atoms with Crippen LogP contribution in [0.2, 0.25) is 0 Å². The first-order valence-electron chi connectivity index (χ1n) is 5.83. The number of amides is 2. The van der Waals surface area contributed by atoms with E-state index in [-0.39, 0.29) is 12.2 Å². The quantitative estimate of drug-likeness (QED) is 0.480. The normalized spacial score (nSPS) is 9.45. The zero-order chi connectivity index (χ0) is 15.9. The van der Waals surface area contributed by atoms with Gasteiger partial charge in [0.05, 0.1) is 6.54 Å². The highest BCUT2D eigenvalue weighted by atomic mass is 16.2. The Balaban J connectivity index is 2.50. The van der Waals surface area contributed by atoms with Gasteiger partial charge in [-0.15, -0.1) is 5.10 Å². The summed E-state index contributed by atoms with van der Waals surface area (Å²) in [4.78, 5) is 28.2. The van der Waals surface area contributed by atoms with Crippen molar-refractivity contribution in [3.63, 3.8) is 0 Å². The van der Waals surface area contributed by atoms with E-state index in [1.54, 1.807) is 24.3 Å². The Hall–Kier alpha value is -3.68. The molecule has 0 atom stereocenters. The minimum atomic E-state index is -1.08. The Morgan fingerprint density at radius 1 is 1.09 bits per heavy atom. The van der Waals surface area contributed by atoms with E-state index >= 15 is 0 Å². The molecule has 0 fully saturated rings. The predicted octanol–water partition coefficient (Wildman–Crippen LogP) is 2.23. The van der Waals surface area contributed by atoms with Crippen LogP contribution in [0.5, 0.6) is 0 Å². The van der Waals surface area contributed by atoms with Crippen molar-refractivity contribution in [3.05, 3.63) is 68.2 Å². The highest BCUT2D eigenvalue weighted by Gasteiger charge is 2.24. The Kier molecular flexibility index (Phi) is 4.46. The van der Waals surface area contributed by atoms with Crippen molar-refractivity contribution < 1.29 is 9.59 Å². The number of rotatable bonds is 4. The highest BCUT2D eigenvalue weighted by molar-refractivity contribution is 6.05. The summed E-state index contributed by atoms with van der Waals surface area (Å²) in [6, 6.07) is 8.94. The van der Waals surface area contributed by atoms with Crippen molar-refractivity contribution >= 4 is 11.8 Å². The molecule has 0 saturated heterocycles. The SMILES string of the molecule is [N-]=[N+]=NC(=O)c1nnn(Cc2ccccc2)c1C(=O)N=[N+]=[N-]. The fourth-order valence-corrected chi connectivity index (χ4v) is 1.71. The number of carbonyl (C=O) groups is 2. The van der Waals surface area contributed by atoms with Crippen molar-refractivity contribution in [2.45, 2.75) is 6.54 Å². The first kappa shape index (κ1) is 14.7. The second-order valence-electron chi connectivity index (χ2n) is 3.92. The summed E-state index contributed by atoms with van der Waals surface area (Å²) >= 11 is 0. The molecule has 0 saturated carbocycles. The molecule has 1 aromatic heterocycles. The molecule has 2 rings (SSSR count). The summed E-state index contributed by atoms with van der Waals surface area (Å²) in [7, 11) is 0. The third-order valence-corrected chi connectivity index (χ3v) is 2.59. The maximum absolute atomic E-state index is 11.8. The van der Waals surface area contributed by atoms with Gasteiger partial charge in [-0.1, -0.05) is 35.5 Å². The van der Waals surface area contributed by atoms with Crippen LogP contribution in [-0.4, -0.2) is 26.8 Å². The minimum Gasteiger partial charge on any atom is -0.285 e. The molecule has 0 radical (unpaired) electrons. The molecular formula is C11H7N9O2. The summed E-state index contributed by atoms with van der Waals surface area (Å²) in [6.07, 6.45) is 0. The lowest BCUT2D eigenvalue weighted by molar-refractivity contribution is 0.0959. The molecule has 108 valence electrons. The molecular weight excluding hydrogens is 290 g/mol. The number of aromatic nitrogens is 3. The van der Waals surface area contributed by atoms with Gasteiger partial charge in [0.25, 0.3) is 11.8 Å². The highest BCUT2D eigenvalue weighted by Crippen LogP contribution is 2.12. The van der Waals surface area contributed by atoms with Gasteiger partial charge in [0.1, 0.15) is 5.69 Å². The number of azide groups is 2. The average Bonchev–Trinajstić information content (AvgIpc) is 2.92. The van der Waals surface area contributed by atoms with Crippen LogP contribution >= 0.6 is 0 Å². The van der Waals surface area contributed by atoms with Crippen molar-refractivity contribution in [2.75, 3.05) is 0 Å². The van der Waals surface area contributed by atoms with E-state index in [1.807, 2.05) is 6.07 Å². The van der Waals surface area contributed by atoms with Crippen LogP contribution in [-0.2, 0) is 6.54 Å². The number of hydrogen-bond acceptors (Lipinski definition) is 4. The third kappa shape index (κ3) is 3.07. The van der Waals surface area contributed by atoms with Gasteiger partial charge in [0.2, 0.25) is 0 Å². The van der Waals surface area contributed by atoms with Crippen LogP contribution in [0.15, 0.2) is 40.6 Å². The maximum Gasteiger partial charge on any atom is 0.271 e. The number of hydrogen-bond donors (Lipinski definition) is 0. The number of carbonyl (C=O) groups excluding carboxylic acids is 2. The summed E-state index contributed by atoms with van der Waals surface area (Å²) in [5, 5.41) is 13.0. The Bertz CT molecular complexity index is 813. The van der Waals surface area contributed by atoms with E-state index < -0.39 is 17.5 Å². The van der Waals surface area contributed by atoms with Crippen LogP contribution in [0, 0.1) is 0 Å². The molecule has 0 aliphatic rings. The molecule has 2 amide bonds. The summed E-state index contributed by atoms with van der Waals surface area (Å²) in [5.41, 5.74) is 16.6. The monoisotopic (exact) mass is 297 g/mol. The number of benzene rings is 1. The van der Waals surface area contributed by atoms with Gasteiger partial charge < -0.3 is 0 Å². The molecule has 0 aliphatic carbocycles. The third-order valence-electron chi connectivity index (χ3n) is 2.59. The van der Waals surface area contributed by atoms with E-state index in [0.717, 1.165) is 10.2 Å². The number of nitrogens with zero attached hydrogens (tertiary/aromatic N) is 9. The second kappa shape index (κ2) is 6.66. The molecule has 0 unspecified atom stereocenters. The van der Waals surface area contributed by atoms with Crippen molar-refractivity contribution in [2.24, 2.45) is 10.2 Å². The van der Waals surface area contributed by atoms with Gasteiger partial charge in [-0.25, -0.2) is 4.68 Å². The standard InChI is InChI=1S/C11H7N9O2/c12-17-15-10(21)8-9(11(22)16-18-13)20(19-14-8)6-7-4-2-1-3-5-7/h1-5H,6H2. The van der Waals surface area contributed by atoms with Gasteiger partial charge in [-0.2, -0.15) is 0 Å². The van der Waals surface area contributed by atoms with Crippen molar-refractivity contribution in [3.8, 4) is 0 Å². The van der Waals surface area contributed by atoms with Crippen LogP contribution in [0.1, 0.15) is 26.5 Å².